The number of imide groups is 1. The quantitative estimate of drug-likeness (QED) is 0.123. The van der Waals surface area contributed by atoms with Crippen LogP contribution in [0.1, 0.15) is 112 Å². The molecule has 4 atom stereocenters. The lowest BCUT2D eigenvalue weighted by Crippen LogP contribution is -2.61. The normalized spacial score (nSPS) is 23.0. The number of ketones is 1. The number of amides is 7. The number of nitrogens with one attached hydrogen (secondary N) is 4. The molecule has 0 radical (unpaired) electrons. The third kappa shape index (κ3) is 10.4. The first-order valence-electron chi connectivity index (χ1n) is 18.4. The number of hydrogen-bond donors (Lipinski definition) is 4. The van der Waals surface area contributed by atoms with Crippen molar-refractivity contribution in [2.24, 2.45) is 22.7 Å². The smallest absolute Gasteiger partial charge is 0.315 e. The number of rotatable bonds is 14. The summed E-state index contributed by atoms with van der Waals surface area (Å²) < 4.78 is 0. The Morgan fingerprint density at radius 2 is 1.54 bits per heavy atom. The van der Waals surface area contributed by atoms with Gasteiger partial charge in [-0.1, -0.05) is 72.8 Å². The molecule has 2 saturated carbocycles. The zero-order valence-corrected chi connectivity index (χ0v) is 30.6. The lowest BCUT2D eigenvalue weighted by atomic mass is 9.80. The van der Waals surface area contributed by atoms with Crippen molar-refractivity contribution in [3.05, 3.63) is 12.7 Å². The first-order valence-corrected chi connectivity index (χ1v) is 18.4. The summed E-state index contributed by atoms with van der Waals surface area (Å²) in [5.41, 5.74) is -0.942. The minimum atomic E-state index is -0.991. The molecule has 0 bridgehead atoms. The second-order valence-corrected chi connectivity index (χ2v) is 16.6. The number of carbonyl (C=O) groups excluding carboxylic acids is 7. The SMILES string of the molecule is C=CCNC(=O)C(=O)C(CC1CC1)NC(=O)[C@@H]1CCCN1C(=O)[C@@H](NC(=O)N[C@H](CN1C(=O)CC(C)(C)CC1=O)C(C)(C)C)C1CCCCC1. The number of likely N-dealkylation sites (tertiary alicyclic amines) is 2. The van der Waals surface area contributed by atoms with Crippen LogP contribution in [0, 0.1) is 22.7 Å². The fraction of sp³-hybridized carbons (Fsp3) is 0.757. The lowest BCUT2D eigenvalue weighted by molar-refractivity contribution is -0.153. The summed E-state index contributed by atoms with van der Waals surface area (Å²) in [5.74, 6) is -2.75. The van der Waals surface area contributed by atoms with Gasteiger partial charge in [0, 0.05) is 32.5 Å². The standard InChI is InChI=1S/C37H58N6O7/c1-7-17-38-33(48)31(46)25(19-23-15-16-23)39-32(47)26-14-11-18-42(26)34(49)30(24-12-9-8-10-13-24)41-35(50)40-27(36(2,3)4)22-43-28(44)20-37(5,6)21-29(43)45/h7,23-27,30H,1,8-22H2,2-6H3,(H,38,48)(H,39,47)(H2,40,41,50)/t25?,26-,27+,30-/m0/s1. The molecule has 4 N–H and O–H groups in total. The van der Waals surface area contributed by atoms with Crippen molar-refractivity contribution in [3.63, 3.8) is 0 Å². The van der Waals surface area contributed by atoms with Crippen molar-refractivity contribution >= 4 is 41.4 Å². The Balaban J connectivity index is 1.48. The molecule has 7 amide bonds. The third-order valence-corrected chi connectivity index (χ3v) is 10.6. The number of urea groups is 1. The molecule has 0 spiro atoms. The zero-order valence-electron chi connectivity index (χ0n) is 30.6. The Hall–Kier alpha value is -3.77. The molecule has 2 saturated heterocycles. The number of carbonyl (C=O) groups is 7. The molecular formula is C37H58N6O7. The van der Waals surface area contributed by atoms with Crippen LogP contribution in [-0.4, -0.2) is 95.0 Å². The van der Waals surface area contributed by atoms with Crippen LogP contribution in [0.2, 0.25) is 0 Å². The van der Waals surface area contributed by atoms with Crippen LogP contribution in [0.25, 0.3) is 0 Å². The molecule has 2 aliphatic carbocycles. The number of Topliss-reactive ketones (excluding diaryl/α,β-unsaturated/α-hetero) is 1. The van der Waals surface area contributed by atoms with Crippen molar-refractivity contribution in [1.29, 1.82) is 0 Å². The van der Waals surface area contributed by atoms with Gasteiger partial charge in [0.05, 0.1) is 12.1 Å². The van der Waals surface area contributed by atoms with E-state index in [0.717, 1.165) is 44.9 Å². The van der Waals surface area contributed by atoms with E-state index < -0.39 is 58.6 Å². The molecule has 278 valence electrons. The molecule has 2 heterocycles. The van der Waals surface area contributed by atoms with Crippen molar-refractivity contribution < 1.29 is 33.6 Å². The maximum Gasteiger partial charge on any atom is 0.315 e. The van der Waals surface area contributed by atoms with Gasteiger partial charge in [0.25, 0.3) is 5.91 Å². The van der Waals surface area contributed by atoms with E-state index >= 15 is 0 Å². The highest BCUT2D eigenvalue weighted by Crippen LogP contribution is 2.35. The summed E-state index contributed by atoms with van der Waals surface area (Å²) in [6.07, 6.45) is 9.50. The molecule has 13 nitrogen and oxygen atoms in total. The van der Waals surface area contributed by atoms with Crippen molar-refractivity contribution in [3.8, 4) is 0 Å². The van der Waals surface area contributed by atoms with Gasteiger partial charge < -0.3 is 26.2 Å². The van der Waals surface area contributed by atoms with E-state index in [1.807, 2.05) is 34.6 Å². The predicted octanol–water partition coefficient (Wildman–Crippen LogP) is 2.97. The Bertz CT molecular complexity index is 1310. The second-order valence-electron chi connectivity index (χ2n) is 16.6. The molecule has 50 heavy (non-hydrogen) atoms. The largest absolute Gasteiger partial charge is 0.346 e. The van der Waals surface area contributed by atoms with E-state index in [0.29, 0.717) is 25.8 Å². The minimum Gasteiger partial charge on any atom is -0.346 e. The average Bonchev–Trinajstić information content (AvgIpc) is 3.72. The van der Waals surface area contributed by atoms with Crippen LogP contribution in [0.15, 0.2) is 12.7 Å². The first kappa shape index (κ1) is 39.0. The fourth-order valence-electron chi connectivity index (χ4n) is 7.40. The summed E-state index contributed by atoms with van der Waals surface area (Å²) >= 11 is 0. The van der Waals surface area contributed by atoms with E-state index in [-0.39, 0.29) is 55.5 Å². The van der Waals surface area contributed by atoms with Gasteiger partial charge in [-0.2, -0.15) is 0 Å². The highest BCUT2D eigenvalue weighted by atomic mass is 16.2. The molecule has 0 aromatic heterocycles. The van der Waals surface area contributed by atoms with Gasteiger partial charge in [-0.15, -0.1) is 6.58 Å². The first-order chi connectivity index (χ1) is 23.5. The topological polar surface area (TPSA) is 174 Å². The molecule has 4 rings (SSSR count). The van der Waals surface area contributed by atoms with Crippen molar-refractivity contribution in [1.82, 2.24) is 31.1 Å². The monoisotopic (exact) mass is 698 g/mol. The highest BCUT2D eigenvalue weighted by molar-refractivity contribution is 6.38. The number of hydrogen-bond acceptors (Lipinski definition) is 7. The molecule has 0 aromatic carbocycles. The van der Waals surface area contributed by atoms with Crippen molar-refractivity contribution in [2.75, 3.05) is 19.6 Å². The summed E-state index contributed by atoms with van der Waals surface area (Å²) in [7, 11) is 0. The third-order valence-electron chi connectivity index (χ3n) is 10.6. The Morgan fingerprint density at radius 3 is 2.12 bits per heavy atom. The summed E-state index contributed by atoms with van der Waals surface area (Å²) in [5, 5.41) is 11.2. The Morgan fingerprint density at radius 1 is 0.900 bits per heavy atom. The number of piperidine rings is 1. The van der Waals surface area contributed by atoms with E-state index in [1.54, 1.807) is 0 Å². The van der Waals surface area contributed by atoms with Gasteiger partial charge >= 0.3 is 6.03 Å². The lowest BCUT2D eigenvalue weighted by Gasteiger charge is -2.40. The van der Waals surface area contributed by atoms with E-state index in [9.17, 15) is 33.6 Å². The van der Waals surface area contributed by atoms with Crippen LogP contribution in [0.4, 0.5) is 4.79 Å². The Labute approximate surface area is 296 Å². The molecule has 4 aliphatic rings. The molecule has 13 heteroatoms. The van der Waals surface area contributed by atoms with Crippen LogP contribution < -0.4 is 21.3 Å². The molecule has 1 unspecified atom stereocenters. The summed E-state index contributed by atoms with van der Waals surface area (Å²) in [4.78, 5) is 96.0. The Kier molecular flexibility index (Phi) is 12.9. The van der Waals surface area contributed by atoms with Gasteiger partial charge in [0.1, 0.15) is 12.1 Å². The summed E-state index contributed by atoms with van der Waals surface area (Å²) in [6.45, 7) is 13.6. The van der Waals surface area contributed by atoms with Crippen LogP contribution in [0.5, 0.6) is 0 Å². The van der Waals surface area contributed by atoms with E-state index in [1.165, 1.54) is 15.9 Å². The highest BCUT2D eigenvalue weighted by Gasteiger charge is 2.44. The molecular weight excluding hydrogens is 640 g/mol. The van der Waals surface area contributed by atoms with E-state index in [2.05, 4.69) is 27.8 Å². The van der Waals surface area contributed by atoms with Crippen molar-refractivity contribution in [2.45, 2.75) is 136 Å². The van der Waals surface area contributed by atoms with Gasteiger partial charge in [0.15, 0.2) is 0 Å². The second kappa shape index (κ2) is 16.5. The maximum atomic E-state index is 14.3. The molecule has 2 aliphatic heterocycles. The van der Waals surface area contributed by atoms with E-state index in [4.69, 9.17) is 0 Å². The molecule has 0 aromatic rings. The van der Waals surface area contributed by atoms with Crippen LogP contribution in [0.3, 0.4) is 0 Å². The van der Waals surface area contributed by atoms with Gasteiger partial charge in [-0.3, -0.25) is 33.7 Å². The number of nitrogens with zero attached hydrogens (tertiary/aromatic N) is 2. The predicted molar refractivity (Wildman–Crippen MR) is 187 cm³/mol. The molecule has 4 fully saturated rings. The minimum absolute atomic E-state index is 0.0213. The zero-order chi connectivity index (χ0) is 36.8. The van der Waals surface area contributed by atoms with Gasteiger partial charge in [-0.25, -0.2) is 4.79 Å². The summed E-state index contributed by atoms with van der Waals surface area (Å²) in [6, 6.07) is -3.89. The van der Waals surface area contributed by atoms with Crippen LogP contribution in [-0.2, 0) is 28.8 Å². The van der Waals surface area contributed by atoms with Crippen LogP contribution >= 0.6 is 0 Å². The maximum absolute atomic E-state index is 14.3. The average molecular weight is 699 g/mol. The van der Waals surface area contributed by atoms with Gasteiger partial charge in [-0.05, 0) is 54.8 Å². The van der Waals surface area contributed by atoms with Gasteiger partial charge in [0.2, 0.25) is 29.4 Å². The fourth-order valence-corrected chi connectivity index (χ4v) is 7.40.